The summed E-state index contributed by atoms with van der Waals surface area (Å²) in [4.78, 5) is 38.8. The first-order valence-corrected chi connectivity index (χ1v) is 13.4. The largest absolute Gasteiger partial charge is 0.490 e. The Balaban J connectivity index is 1.26. The maximum Gasteiger partial charge on any atom is 0.408 e. The van der Waals surface area contributed by atoms with Crippen LogP contribution in [0.4, 0.5) is 4.79 Å². The fourth-order valence-electron chi connectivity index (χ4n) is 5.33. The quantitative estimate of drug-likeness (QED) is 0.398. The monoisotopic (exact) mass is 551 g/mol. The van der Waals surface area contributed by atoms with Gasteiger partial charge in [-0.3, -0.25) is 4.79 Å². The number of fused-ring (bicyclic) bond motifs is 3. The standard InChI is InChI=1S/C30H37N3O7/c1-30(2,3)26(27(34)33-17-19(38-4)16-24(33)28(35)36)32-29(37)40-14-8-7-13-39-18-11-12-21-20-9-5-6-10-22(20)25(31)23(21)15-18/h5-12,15,19-20,22,24,26,31H,13-14,16-17H2,1-4H3,(H,32,37)(H,35,36)/t19-,20?,22?,24+,26-/m1/s1. The molecule has 2 unspecified atom stereocenters. The molecule has 0 radical (unpaired) electrons. The maximum absolute atomic E-state index is 13.3. The number of nitrogens with one attached hydrogen (secondary N) is 2. The average Bonchev–Trinajstić information content (AvgIpc) is 3.48. The van der Waals surface area contributed by atoms with Gasteiger partial charge in [-0.2, -0.15) is 0 Å². The van der Waals surface area contributed by atoms with Crippen molar-refractivity contribution in [2.75, 3.05) is 26.9 Å². The second-order valence-corrected chi connectivity index (χ2v) is 11.2. The molecule has 4 rings (SSSR count). The van der Waals surface area contributed by atoms with E-state index in [-0.39, 0.29) is 44.1 Å². The highest BCUT2D eigenvalue weighted by molar-refractivity contribution is 6.07. The van der Waals surface area contributed by atoms with Crippen molar-refractivity contribution in [3.05, 3.63) is 65.8 Å². The number of ether oxygens (including phenoxy) is 3. The predicted octanol–water partition coefficient (Wildman–Crippen LogP) is 3.67. The molecule has 1 saturated heterocycles. The number of alkyl carbamates (subject to hydrolysis) is 1. The normalized spacial score (nSPS) is 24.1. The fraction of sp³-hybridized carbons (Fsp3) is 0.467. The molecule has 1 aromatic carbocycles. The van der Waals surface area contributed by atoms with Crippen LogP contribution in [0.15, 0.2) is 54.7 Å². The minimum atomic E-state index is -1.11. The third-order valence-corrected chi connectivity index (χ3v) is 7.51. The number of carboxylic acids is 1. The molecule has 0 spiro atoms. The zero-order chi connectivity index (χ0) is 29.0. The molecule has 2 amide bonds. The van der Waals surface area contributed by atoms with E-state index in [2.05, 4.69) is 17.5 Å². The van der Waals surface area contributed by atoms with Gasteiger partial charge in [0, 0.05) is 43.2 Å². The van der Waals surface area contributed by atoms with E-state index in [0.717, 1.165) is 11.1 Å². The SMILES string of the molecule is CO[C@@H]1C[C@@H](C(=O)O)N(C(=O)[C@@H](NC(=O)OCC=CCOc2ccc3c(c2)C(=N)C2C=CC=CC32)C(C)(C)C)C1. The smallest absolute Gasteiger partial charge is 0.408 e. The van der Waals surface area contributed by atoms with E-state index < -0.39 is 35.5 Å². The molecule has 40 heavy (non-hydrogen) atoms. The van der Waals surface area contributed by atoms with E-state index in [0.29, 0.717) is 11.5 Å². The van der Waals surface area contributed by atoms with Gasteiger partial charge in [-0.15, -0.1) is 0 Å². The number of carbonyl (C=O) groups is 3. The molecular formula is C30H37N3O7. The zero-order valence-corrected chi connectivity index (χ0v) is 23.3. The second-order valence-electron chi connectivity index (χ2n) is 11.2. The molecule has 5 atom stereocenters. The highest BCUT2D eigenvalue weighted by Crippen LogP contribution is 2.42. The van der Waals surface area contributed by atoms with Crippen molar-refractivity contribution < 1.29 is 33.7 Å². The number of hydrogen-bond donors (Lipinski definition) is 3. The molecule has 10 heteroatoms. The van der Waals surface area contributed by atoms with Gasteiger partial charge in [-0.05, 0) is 35.3 Å². The number of aliphatic carboxylic acids is 1. The van der Waals surface area contributed by atoms with Gasteiger partial charge < -0.3 is 34.9 Å². The first-order valence-electron chi connectivity index (χ1n) is 13.4. The second kappa shape index (κ2) is 12.1. The lowest BCUT2D eigenvalue weighted by molar-refractivity contribution is -0.150. The number of likely N-dealkylation sites (tertiary alicyclic amines) is 1. The number of benzene rings is 1. The van der Waals surface area contributed by atoms with E-state index in [1.165, 1.54) is 12.0 Å². The summed E-state index contributed by atoms with van der Waals surface area (Å²) in [6.45, 7) is 5.71. The summed E-state index contributed by atoms with van der Waals surface area (Å²) in [6.07, 6.45) is 10.6. The van der Waals surface area contributed by atoms with Crippen molar-refractivity contribution in [1.29, 1.82) is 5.41 Å². The van der Waals surface area contributed by atoms with Gasteiger partial charge in [0.2, 0.25) is 5.91 Å². The van der Waals surface area contributed by atoms with Crippen LogP contribution in [0.3, 0.4) is 0 Å². The van der Waals surface area contributed by atoms with Crippen LogP contribution >= 0.6 is 0 Å². The Kier molecular flexibility index (Phi) is 8.78. The van der Waals surface area contributed by atoms with E-state index >= 15 is 0 Å². The van der Waals surface area contributed by atoms with Crippen molar-refractivity contribution in [3.63, 3.8) is 0 Å². The van der Waals surface area contributed by atoms with Crippen LogP contribution in [-0.2, 0) is 19.1 Å². The predicted molar refractivity (Wildman–Crippen MR) is 149 cm³/mol. The van der Waals surface area contributed by atoms with Crippen molar-refractivity contribution in [2.45, 2.75) is 51.3 Å². The van der Waals surface area contributed by atoms with Crippen molar-refractivity contribution in [1.82, 2.24) is 10.2 Å². The van der Waals surface area contributed by atoms with Gasteiger partial charge in [-0.1, -0.05) is 51.1 Å². The molecule has 0 bridgehead atoms. The molecule has 2 aliphatic carbocycles. The lowest BCUT2D eigenvalue weighted by atomic mass is 9.85. The number of rotatable bonds is 9. The Hall–Kier alpha value is -3.92. The summed E-state index contributed by atoms with van der Waals surface area (Å²) in [7, 11) is 1.48. The molecule has 1 heterocycles. The highest BCUT2D eigenvalue weighted by atomic mass is 16.5. The van der Waals surface area contributed by atoms with Crippen LogP contribution in [0.5, 0.6) is 5.75 Å². The summed E-state index contributed by atoms with van der Waals surface area (Å²) in [5.41, 5.74) is 1.93. The number of methoxy groups -OCH3 is 1. The molecule has 0 aromatic heterocycles. The van der Waals surface area contributed by atoms with Crippen molar-refractivity contribution in [3.8, 4) is 5.75 Å². The summed E-state index contributed by atoms with van der Waals surface area (Å²) >= 11 is 0. The van der Waals surface area contributed by atoms with Crippen LogP contribution in [0.2, 0.25) is 0 Å². The van der Waals surface area contributed by atoms with Crippen molar-refractivity contribution in [2.24, 2.45) is 11.3 Å². The van der Waals surface area contributed by atoms with E-state index in [1.54, 1.807) is 32.9 Å². The van der Waals surface area contributed by atoms with Crippen LogP contribution in [0.1, 0.15) is 44.2 Å². The van der Waals surface area contributed by atoms with Crippen LogP contribution in [0, 0.1) is 16.7 Å². The number of allylic oxidation sites excluding steroid dienone is 4. The van der Waals surface area contributed by atoms with E-state index in [9.17, 15) is 19.5 Å². The first kappa shape index (κ1) is 29.1. The third-order valence-electron chi connectivity index (χ3n) is 7.51. The van der Waals surface area contributed by atoms with Gasteiger partial charge >= 0.3 is 12.1 Å². The Morgan fingerprint density at radius 2 is 1.85 bits per heavy atom. The average molecular weight is 552 g/mol. The summed E-state index contributed by atoms with van der Waals surface area (Å²) < 4.78 is 16.3. The molecule has 1 aliphatic heterocycles. The van der Waals surface area contributed by atoms with Crippen LogP contribution < -0.4 is 10.1 Å². The number of amides is 2. The Labute approximate surface area is 234 Å². The molecular weight excluding hydrogens is 514 g/mol. The third kappa shape index (κ3) is 6.28. The Bertz CT molecular complexity index is 1250. The Morgan fingerprint density at radius 3 is 2.52 bits per heavy atom. The van der Waals surface area contributed by atoms with Gasteiger partial charge in [-0.25, -0.2) is 9.59 Å². The molecule has 3 aliphatic rings. The molecule has 0 saturated carbocycles. The summed E-state index contributed by atoms with van der Waals surface area (Å²) in [5.74, 6) is -0.672. The fourth-order valence-corrected chi connectivity index (χ4v) is 5.33. The summed E-state index contributed by atoms with van der Waals surface area (Å²) in [6, 6.07) is 3.79. The van der Waals surface area contributed by atoms with Crippen molar-refractivity contribution >= 4 is 23.7 Å². The lowest BCUT2D eigenvalue weighted by Gasteiger charge is -2.34. The van der Waals surface area contributed by atoms with Crippen LogP contribution in [-0.4, -0.2) is 78.7 Å². The molecule has 3 N–H and O–H groups in total. The Morgan fingerprint density at radius 1 is 1.15 bits per heavy atom. The topological polar surface area (TPSA) is 138 Å². The maximum atomic E-state index is 13.3. The van der Waals surface area contributed by atoms with Crippen LogP contribution in [0.25, 0.3) is 0 Å². The first-order chi connectivity index (χ1) is 19.0. The number of carbonyl (C=O) groups excluding carboxylic acids is 2. The number of nitrogens with zero attached hydrogens (tertiary/aromatic N) is 1. The summed E-state index contributed by atoms with van der Waals surface area (Å²) in [5, 5.41) is 20.7. The highest BCUT2D eigenvalue weighted by Gasteiger charge is 2.45. The van der Waals surface area contributed by atoms with Gasteiger partial charge in [0.1, 0.15) is 31.0 Å². The zero-order valence-electron chi connectivity index (χ0n) is 23.3. The molecule has 1 aromatic rings. The number of hydrogen-bond acceptors (Lipinski definition) is 7. The minimum absolute atomic E-state index is 0.0374. The number of carboxylic acid groups (broad SMARTS) is 1. The van der Waals surface area contributed by atoms with Gasteiger partial charge in [0.05, 0.1) is 6.10 Å². The minimum Gasteiger partial charge on any atom is -0.490 e. The van der Waals surface area contributed by atoms with Gasteiger partial charge in [0.15, 0.2) is 0 Å². The molecule has 214 valence electrons. The molecule has 1 fully saturated rings. The van der Waals surface area contributed by atoms with E-state index in [4.69, 9.17) is 19.6 Å². The lowest BCUT2D eigenvalue weighted by Crippen LogP contribution is -2.56. The van der Waals surface area contributed by atoms with E-state index in [1.807, 2.05) is 30.4 Å². The molecule has 10 nitrogen and oxygen atoms in total. The van der Waals surface area contributed by atoms with Gasteiger partial charge in [0.25, 0.3) is 0 Å².